The summed E-state index contributed by atoms with van der Waals surface area (Å²) >= 11 is 0. The monoisotopic (exact) mass is 398 g/mol. The molecule has 0 radical (unpaired) electrons. The summed E-state index contributed by atoms with van der Waals surface area (Å²) in [5.41, 5.74) is 1.09. The average Bonchev–Trinajstić information content (AvgIpc) is 2.58. The molecule has 1 aromatic carbocycles. The first-order valence-electron chi connectivity index (χ1n) is 9.66. The summed E-state index contributed by atoms with van der Waals surface area (Å²) in [5, 5.41) is 0. The van der Waals surface area contributed by atoms with E-state index in [9.17, 15) is 4.79 Å². The maximum Gasteiger partial charge on any atom is 0.414 e. The van der Waals surface area contributed by atoms with Crippen molar-refractivity contribution in [3.63, 3.8) is 0 Å². The third-order valence-electron chi connectivity index (χ3n) is 4.66. The highest BCUT2D eigenvalue weighted by Crippen LogP contribution is 2.34. The van der Waals surface area contributed by atoms with Crippen LogP contribution >= 0.6 is 12.4 Å². The van der Waals surface area contributed by atoms with Crippen molar-refractivity contribution in [3.05, 3.63) is 23.8 Å². The van der Waals surface area contributed by atoms with Gasteiger partial charge in [-0.25, -0.2) is 4.79 Å². The molecule has 0 bridgehead atoms. The topological polar surface area (TPSA) is 42.0 Å². The van der Waals surface area contributed by atoms with Gasteiger partial charge in [-0.2, -0.15) is 0 Å². The van der Waals surface area contributed by atoms with E-state index in [1.165, 1.54) is 37.3 Å². The van der Waals surface area contributed by atoms with Crippen molar-refractivity contribution in [1.29, 1.82) is 0 Å². The molecule has 0 aliphatic carbocycles. The molecule has 6 heteroatoms. The Morgan fingerprint density at radius 2 is 1.81 bits per heavy atom. The van der Waals surface area contributed by atoms with Gasteiger partial charge in [0.15, 0.2) is 0 Å². The van der Waals surface area contributed by atoms with Crippen LogP contribution in [0.5, 0.6) is 11.5 Å². The Balaban J connectivity index is 0.00000364. The second-order valence-corrected chi connectivity index (χ2v) is 8.27. The highest BCUT2D eigenvalue weighted by atomic mass is 35.5. The lowest BCUT2D eigenvalue weighted by molar-refractivity contribution is 0.171. The SMILES string of the molecule is CN(C)C(=O)Oc1ccc(C(C)(C)C)c(OCCCN2CCCCC2)c1.Cl. The molecule has 0 aromatic heterocycles. The van der Waals surface area contributed by atoms with Gasteiger partial charge < -0.3 is 19.3 Å². The van der Waals surface area contributed by atoms with Gasteiger partial charge in [0, 0.05) is 26.7 Å². The molecule has 0 spiro atoms. The second kappa shape index (κ2) is 10.8. The Morgan fingerprint density at radius 1 is 1.15 bits per heavy atom. The van der Waals surface area contributed by atoms with Gasteiger partial charge >= 0.3 is 6.09 Å². The molecule has 1 fully saturated rings. The van der Waals surface area contributed by atoms with Crippen molar-refractivity contribution in [2.24, 2.45) is 0 Å². The zero-order chi connectivity index (χ0) is 19.2. The smallest absolute Gasteiger partial charge is 0.414 e. The summed E-state index contributed by atoms with van der Waals surface area (Å²) in [5.74, 6) is 1.32. The van der Waals surface area contributed by atoms with Crippen LogP contribution in [0, 0.1) is 0 Å². The fraction of sp³-hybridized carbons (Fsp3) is 0.667. The molecule has 0 atom stereocenters. The van der Waals surface area contributed by atoms with E-state index >= 15 is 0 Å². The number of hydrogen-bond donors (Lipinski definition) is 0. The van der Waals surface area contributed by atoms with Crippen LogP contribution in [0.3, 0.4) is 0 Å². The number of amides is 1. The van der Waals surface area contributed by atoms with Crippen LogP contribution in [0.25, 0.3) is 0 Å². The lowest BCUT2D eigenvalue weighted by atomic mass is 9.86. The predicted molar refractivity (Wildman–Crippen MR) is 113 cm³/mol. The molecule has 0 saturated carbocycles. The third kappa shape index (κ3) is 7.59. The van der Waals surface area contributed by atoms with Crippen LogP contribution in [0.1, 0.15) is 52.0 Å². The van der Waals surface area contributed by atoms with Gasteiger partial charge in [-0.05, 0) is 49.4 Å². The highest BCUT2D eigenvalue weighted by molar-refractivity contribution is 5.85. The minimum atomic E-state index is -0.385. The van der Waals surface area contributed by atoms with Gasteiger partial charge in [-0.15, -0.1) is 12.4 Å². The Bertz CT molecular complexity index is 594. The van der Waals surface area contributed by atoms with Crippen LogP contribution in [0.2, 0.25) is 0 Å². The number of likely N-dealkylation sites (tertiary alicyclic amines) is 1. The zero-order valence-electron chi connectivity index (χ0n) is 17.4. The maximum absolute atomic E-state index is 11.8. The van der Waals surface area contributed by atoms with Crippen LogP contribution in [-0.4, -0.2) is 56.2 Å². The maximum atomic E-state index is 11.8. The summed E-state index contributed by atoms with van der Waals surface area (Å²) in [6, 6.07) is 5.67. The van der Waals surface area contributed by atoms with E-state index in [4.69, 9.17) is 9.47 Å². The first-order chi connectivity index (χ1) is 12.3. The highest BCUT2D eigenvalue weighted by Gasteiger charge is 2.20. The van der Waals surface area contributed by atoms with Gasteiger partial charge in [0.05, 0.1) is 6.61 Å². The Labute approximate surface area is 170 Å². The van der Waals surface area contributed by atoms with Crippen molar-refractivity contribution in [2.45, 2.75) is 51.9 Å². The van der Waals surface area contributed by atoms with Crippen LogP contribution in [0.15, 0.2) is 18.2 Å². The Morgan fingerprint density at radius 3 is 2.41 bits per heavy atom. The molecule has 5 nitrogen and oxygen atoms in total. The van der Waals surface area contributed by atoms with Gasteiger partial charge in [0.2, 0.25) is 0 Å². The van der Waals surface area contributed by atoms with Crippen molar-refractivity contribution in [3.8, 4) is 11.5 Å². The second-order valence-electron chi connectivity index (χ2n) is 8.27. The molecule has 2 rings (SSSR count). The molecule has 1 saturated heterocycles. The Kier molecular flexibility index (Phi) is 9.40. The van der Waals surface area contributed by atoms with Crippen molar-refractivity contribution in [2.75, 3.05) is 40.3 Å². The van der Waals surface area contributed by atoms with E-state index in [0.29, 0.717) is 12.4 Å². The number of benzene rings is 1. The van der Waals surface area contributed by atoms with E-state index in [0.717, 1.165) is 24.3 Å². The summed E-state index contributed by atoms with van der Waals surface area (Å²) < 4.78 is 11.5. The molecule has 1 aromatic rings. The molecule has 1 aliphatic rings. The fourth-order valence-electron chi connectivity index (χ4n) is 3.15. The number of hydrogen-bond acceptors (Lipinski definition) is 4. The lowest BCUT2D eigenvalue weighted by Crippen LogP contribution is -2.31. The fourth-order valence-corrected chi connectivity index (χ4v) is 3.15. The number of halogens is 1. The number of piperidine rings is 1. The molecule has 0 unspecified atom stereocenters. The third-order valence-corrected chi connectivity index (χ3v) is 4.66. The minimum absolute atomic E-state index is 0. The van der Waals surface area contributed by atoms with Gasteiger partial charge in [-0.1, -0.05) is 33.3 Å². The minimum Gasteiger partial charge on any atom is -0.493 e. The van der Waals surface area contributed by atoms with Gasteiger partial charge in [0.1, 0.15) is 11.5 Å². The van der Waals surface area contributed by atoms with E-state index in [-0.39, 0.29) is 23.9 Å². The number of carbonyl (C=O) groups is 1. The zero-order valence-corrected chi connectivity index (χ0v) is 18.2. The van der Waals surface area contributed by atoms with E-state index < -0.39 is 0 Å². The largest absolute Gasteiger partial charge is 0.493 e. The number of carbonyl (C=O) groups excluding carboxylic acids is 1. The molecule has 1 heterocycles. The predicted octanol–water partition coefficient (Wildman–Crippen LogP) is 4.72. The van der Waals surface area contributed by atoms with E-state index in [1.54, 1.807) is 14.1 Å². The quantitative estimate of drug-likeness (QED) is 0.650. The molecule has 0 N–H and O–H groups in total. The molecular weight excluding hydrogens is 364 g/mol. The summed E-state index contributed by atoms with van der Waals surface area (Å²) in [6.45, 7) is 10.7. The molecule has 1 amide bonds. The summed E-state index contributed by atoms with van der Waals surface area (Å²) in [4.78, 5) is 15.7. The van der Waals surface area contributed by atoms with Crippen LogP contribution in [0.4, 0.5) is 4.79 Å². The normalized spacial score (nSPS) is 15.0. The molecule has 27 heavy (non-hydrogen) atoms. The number of rotatable bonds is 6. The summed E-state index contributed by atoms with van der Waals surface area (Å²) in [7, 11) is 3.34. The van der Waals surface area contributed by atoms with Crippen molar-refractivity contribution >= 4 is 18.5 Å². The first-order valence-corrected chi connectivity index (χ1v) is 9.66. The van der Waals surface area contributed by atoms with E-state index in [2.05, 4.69) is 25.7 Å². The first kappa shape index (κ1) is 23.6. The molecule has 1 aliphatic heterocycles. The van der Waals surface area contributed by atoms with Gasteiger partial charge in [-0.3, -0.25) is 0 Å². The number of ether oxygens (including phenoxy) is 2. The standard InChI is InChI=1S/C21H34N2O3.ClH/c1-21(2,3)18-11-10-17(26-20(24)22(4)5)16-19(18)25-15-9-14-23-12-7-6-8-13-23;/h10-11,16H,6-9,12-15H2,1-5H3;1H. The molecule has 154 valence electrons. The number of nitrogens with zero attached hydrogens (tertiary/aromatic N) is 2. The van der Waals surface area contributed by atoms with Gasteiger partial charge in [0.25, 0.3) is 0 Å². The molecular formula is C21H35ClN2O3. The van der Waals surface area contributed by atoms with Crippen molar-refractivity contribution in [1.82, 2.24) is 9.80 Å². The van der Waals surface area contributed by atoms with E-state index in [1.807, 2.05) is 18.2 Å². The average molecular weight is 399 g/mol. The van der Waals surface area contributed by atoms with Crippen molar-refractivity contribution < 1.29 is 14.3 Å². The summed E-state index contributed by atoms with van der Waals surface area (Å²) in [6.07, 6.45) is 4.61. The van der Waals surface area contributed by atoms with Crippen LogP contribution in [-0.2, 0) is 5.41 Å². The van der Waals surface area contributed by atoms with Crippen LogP contribution < -0.4 is 9.47 Å². The Hall–Kier alpha value is -1.46. The lowest BCUT2D eigenvalue weighted by Gasteiger charge is -2.27.